The molecule has 7 nitrogen and oxygen atoms in total. The molecule has 0 aromatic heterocycles. The first-order chi connectivity index (χ1) is 12.9. The number of amides is 2. The SMILES string of the molecule is CC1CC(C(=O)O)CN(C(=O)Nc2ccc3c(c2)OC2(CCCCC2)O3)C1. The zero-order valence-electron chi connectivity index (χ0n) is 15.6. The molecule has 2 unspecified atom stereocenters. The van der Waals surface area contributed by atoms with E-state index in [1.54, 1.807) is 17.0 Å². The summed E-state index contributed by atoms with van der Waals surface area (Å²) in [6.45, 7) is 2.77. The molecule has 2 heterocycles. The minimum absolute atomic E-state index is 0.161. The number of aliphatic carboxylic acids is 1. The van der Waals surface area contributed by atoms with Crippen LogP contribution in [-0.2, 0) is 4.79 Å². The van der Waals surface area contributed by atoms with Gasteiger partial charge in [-0.1, -0.05) is 13.3 Å². The van der Waals surface area contributed by atoms with Gasteiger partial charge >= 0.3 is 12.0 Å². The van der Waals surface area contributed by atoms with E-state index in [1.165, 1.54) is 6.42 Å². The molecule has 1 saturated heterocycles. The number of carboxylic acid groups (broad SMARTS) is 1. The van der Waals surface area contributed by atoms with Crippen LogP contribution >= 0.6 is 0 Å². The molecule has 2 atom stereocenters. The average molecular weight is 374 g/mol. The van der Waals surface area contributed by atoms with Crippen LogP contribution in [0.1, 0.15) is 45.4 Å². The summed E-state index contributed by atoms with van der Waals surface area (Å²) >= 11 is 0. The molecule has 0 bridgehead atoms. The average Bonchev–Trinajstić information content (AvgIpc) is 2.98. The lowest BCUT2D eigenvalue weighted by Gasteiger charge is -2.34. The minimum Gasteiger partial charge on any atom is -0.481 e. The number of hydrogen-bond acceptors (Lipinski definition) is 4. The third kappa shape index (κ3) is 3.68. The van der Waals surface area contributed by atoms with Gasteiger partial charge in [-0.05, 0) is 37.3 Å². The van der Waals surface area contributed by atoms with Gasteiger partial charge in [0.25, 0.3) is 5.79 Å². The van der Waals surface area contributed by atoms with Crippen molar-refractivity contribution in [3.63, 3.8) is 0 Å². The quantitative estimate of drug-likeness (QED) is 0.824. The van der Waals surface area contributed by atoms with Gasteiger partial charge in [-0.2, -0.15) is 0 Å². The maximum atomic E-state index is 12.6. The number of urea groups is 1. The highest BCUT2D eigenvalue weighted by Gasteiger charge is 2.42. The van der Waals surface area contributed by atoms with E-state index in [0.29, 0.717) is 30.2 Å². The Morgan fingerprint density at radius 3 is 2.63 bits per heavy atom. The predicted octanol–water partition coefficient (Wildman–Crippen LogP) is 3.69. The number of nitrogens with zero attached hydrogens (tertiary/aromatic N) is 1. The Bertz CT molecular complexity index is 744. The smallest absolute Gasteiger partial charge is 0.321 e. The molecule has 2 aliphatic heterocycles. The normalized spacial score (nSPS) is 26.0. The van der Waals surface area contributed by atoms with E-state index in [4.69, 9.17) is 9.47 Å². The molecule has 1 aromatic carbocycles. The lowest BCUT2D eigenvalue weighted by Crippen LogP contribution is -2.47. The number of carboxylic acids is 1. The molecule has 1 aromatic rings. The molecule has 1 aliphatic carbocycles. The van der Waals surface area contributed by atoms with Crippen molar-refractivity contribution in [3.05, 3.63) is 18.2 Å². The fourth-order valence-electron chi connectivity index (χ4n) is 4.36. The van der Waals surface area contributed by atoms with Crippen LogP contribution in [-0.4, -0.2) is 40.9 Å². The predicted molar refractivity (Wildman–Crippen MR) is 99.0 cm³/mol. The van der Waals surface area contributed by atoms with Crippen molar-refractivity contribution in [2.75, 3.05) is 18.4 Å². The van der Waals surface area contributed by atoms with Crippen molar-refractivity contribution in [1.29, 1.82) is 0 Å². The number of carbonyl (C=O) groups excluding carboxylic acids is 1. The largest absolute Gasteiger partial charge is 0.481 e. The first kappa shape index (κ1) is 17.9. The van der Waals surface area contributed by atoms with Gasteiger partial charge in [0, 0.05) is 37.7 Å². The Kier molecular flexibility index (Phi) is 4.61. The number of likely N-dealkylation sites (tertiary alicyclic amines) is 1. The molecule has 4 rings (SSSR count). The van der Waals surface area contributed by atoms with Crippen LogP contribution < -0.4 is 14.8 Å². The molecule has 7 heteroatoms. The fourth-order valence-corrected chi connectivity index (χ4v) is 4.36. The first-order valence-corrected chi connectivity index (χ1v) is 9.75. The Morgan fingerprint density at radius 1 is 1.15 bits per heavy atom. The van der Waals surface area contributed by atoms with Gasteiger partial charge < -0.3 is 24.8 Å². The highest BCUT2D eigenvalue weighted by atomic mass is 16.7. The molecule has 2 N–H and O–H groups in total. The van der Waals surface area contributed by atoms with E-state index in [0.717, 1.165) is 25.7 Å². The fraction of sp³-hybridized carbons (Fsp3) is 0.600. The van der Waals surface area contributed by atoms with Crippen molar-refractivity contribution in [1.82, 2.24) is 4.90 Å². The zero-order valence-corrected chi connectivity index (χ0v) is 15.6. The van der Waals surface area contributed by atoms with E-state index in [-0.39, 0.29) is 18.5 Å². The maximum Gasteiger partial charge on any atom is 0.321 e. The third-order valence-electron chi connectivity index (χ3n) is 5.70. The topological polar surface area (TPSA) is 88.1 Å². The minimum atomic E-state index is -0.847. The van der Waals surface area contributed by atoms with Crippen LogP contribution in [0.5, 0.6) is 11.5 Å². The number of hydrogen-bond donors (Lipinski definition) is 2. The molecular weight excluding hydrogens is 348 g/mol. The molecule has 2 amide bonds. The molecule has 0 radical (unpaired) electrons. The van der Waals surface area contributed by atoms with Gasteiger partial charge in [0.15, 0.2) is 11.5 Å². The Balaban J connectivity index is 1.43. The lowest BCUT2D eigenvalue weighted by atomic mass is 9.91. The van der Waals surface area contributed by atoms with Crippen molar-refractivity contribution in [2.45, 2.75) is 51.2 Å². The summed E-state index contributed by atoms with van der Waals surface area (Å²) in [5, 5.41) is 12.2. The number of rotatable bonds is 2. The number of nitrogens with one attached hydrogen (secondary N) is 1. The highest BCUT2D eigenvalue weighted by molar-refractivity contribution is 5.90. The van der Waals surface area contributed by atoms with Crippen molar-refractivity contribution >= 4 is 17.7 Å². The van der Waals surface area contributed by atoms with Gasteiger partial charge in [0.05, 0.1) is 5.92 Å². The number of fused-ring (bicyclic) bond motifs is 1. The molecule has 27 heavy (non-hydrogen) atoms. The number of carbonyl (C=O) groups is 2. The van der Waals surface area contributed by atoms with Crippen molar-refractivity contribution in [3.8, 4) is 11.5 Å². The number of anilines is 1. The van der Waals surface area contributed by atoms with Gasteiger partial charge in [-0.25, -0.2) is 4.79 Å². The van der Waals surface area contributed by atoms with Crippen LogP contribution in [0.2, 0.25) is 0 Å². The Hall–Kier alpha value is -2.44. The third-order valence-corrected chi connectivity index (χ3v) is 5.70. The summed E-state index contributed by atoms with van der Waals surface area (Å²) < 4.78 is 12.2. The summed E-state index contributed by atoms with van der Waals surface area (Å²) in [4.78, 5) is 25.5. The van der Waals surface area contributed by atoms with Crippen molar-refractivity contribution < 1.29 is 24.2 Å². The molecular formula is C20H26N2O5. The second-order valence-electron chi connectivity index (χ2n) is 8.05. The molecule has 146 valence electrons. The molecule has 3 aliphatic rings. The molecule has 1 saturated carbocycles. The molecule has 1 spiro atoms. The zero-order chi connectivity index (χ0) is 19.0. The number of ether oxygens (including phenoxy) is 2. The van der Waals surface area contributed by atoms with E-state index >= 15 is 0 Å². The Morgan fingerprint density at radius 2 is 1.89 bits per heavy atom. The first-order valence-electron chi connectivity index (χ1n) is 9.75. The summed E-state index contributed by atoms with van der Waals surface area (Å²) in [5.74, 6) is -0.367. The number of piperidine rings is 1. The van der Waals surface area contributed by atoms with Crippen LogP contribution in [0.3, 0.4) is 0 Å². The van der Waals surface area contributed by atoms with Gasteiger partial charge in [0.1, 0.15) is 0 Å². The standard InChI is InChI=1S/C20H26N2O5/c1-13-9-14(18(23)24)12-22(11-13)19(25)21-15-5-6-16-17(10-15)27-20(26-16)7-3-2-4-8-20/h5-6,10,13-14H,2-4,7-9,11-12H2,1H3,(H,21,25)(H,23,24). The van der Waals surface area contributed by atoms with Crippen molar-refractivity contribution in [2.24, 2.45) is 11.8 Å². The lowest BCUT2D eigenvalue weighted by molar-refractivity contribution is -0.143. The van der Waals surface area contributed by atoms with Gasteiger partial charge in [0.2, 0.25) is 0 Å². The second-order valence-corrected chi connectivity index (χ2v) is 8.05. The highest BCUT2D eigenvalue weighted by Crippen LogP contribution is 2.46. The van der Waals surface area contributed by atoms with Crippen LogP contribution in [0, 0.1) is 11.8 Å². The maximum absolute atomic E-state index is 12.6. The summed E-state index contributed by atoms with van der Waals surface area (Å²) in [6.07, 6.45) is 5.76. The van der Waals surface area contributed by atoms with Crippen LogP contribution in [0.25, 0.3) is 0 Å². The second kappa shape index (κ2) is 6.94. The molecule has 2 fully saturated rings. The van der Waals surface area contributed by atoms with E-state index in [9.17, 15) is 14.7 Å². The van der Waals surface area contributed by atoms with Crippen LogP contribution in [0.15, 0.2) is 18.2 Å². The van der Waals surface area contributed by atoms with E-state index in [1.807, 2.05) is 13.0 Å². The summed E-state index contributed by atoms with van der Waals surface area (Å²) in [6, 6.07) is 5.13. The van der Waals surface area contributed by atoms with E-state index < -0.39 is 17.7 Å². The monoisotopic (exact) mass is 374 g/mol. The number of benzene rings is 1. The summed E-state index contributed by atoms with van der Waals surface area (Å²) in [7, 11) is 0. The Labute approximate surface area is 158 Å². The van der Waals surface area contributed by atoms with Crippen LogP contribution in [0.4, 0.5) is 10.5 Å². The van der Waals surface area contributed by atoms with Gasteiger partial charge in [-0.15, -0.1) is 0 Å². The summed E-state index contributed by atoms with van der Waals surface area (Å²) in [5.41, 5.74) is 0.625. The van der Waals surface area contributed by atoms with Gasteiger partial charge in [-0.3, -0.25) is 4.79 Å². The van der Waals surface area contributed by atoms with E-state index in [2.05, 4.69) is 5.32 Å².